The van der Waals surface area contributed by atoms with E-state index in [1.54, 1.807) is 0 Å². The highest BCUT2D eigenvalue weighted by Gasteiger charge is 2.20. The van der Waals surface area contributed by atoms with Gasteiger partial charge in [0.1, 0.15) is 6.61 Å². The minimum absolute atomic E-state index is 0.267. The van der Waals surface area contributed by atoms with Crippen molar-refractivity contribution >= 4 is 0 Å². The predicted molar refractivity (Wildman–Crippen MR) is 69.4 cm³/mol. The number of rotatable bonds is 10. The van der Waals surface area contributed by atoms with Gasteiger partial charge in [0.05, 0.1) is 19.5 Å². The molecule has 2 heteroatoms. The molecule has 0 rings (SSSR count). The van der Waals surface area contributed by atoms with Gasteiger partial charge in [-0.3, -0.25) is 0 Å². The molecule has 0 saturated heterocycles. The zero-order valence-corrected chi connectivity index (χ0v) is 11.4. The van der Waals surface area contributed by atoms with Crippen LogP contribution in [0.2, 0.25) is 0 Å². The van der Waals surface area contributed by atoms with Crippen LogP contribution >= 0.6 is 0 Å². The van der Waals surface area contributed by atoms with Crippen LogP contribution in [0.1, 0.15) is 47.0 Å². The van der Waals surface area contributed by atoms with Crippen LogP contribution in [-0.2, 0) is 9.47 Å². The van der Waals surface area contributed by atoms with E-state index in [0.29, 0.717) is 13.2 Å². The highest BCUT2D eigenvalue weighted by Crippen LogP contribution is 2.27. The van der Waals surface area contributed by atoms with Crippen molar-refractivity contribution in [2.24, 2.45) is 11.3 Å². The number of ether oxygens (including phenoxy) is 2. The van der Waals surface area contributed by atoms with E-state index >= 15 is 0 Å². The molecule has 0 fully saturated rings. The smallest absolute Gasteiger partial charge is 0.111 e. The fraction of sp³-hybridized carbons (Fsp3) is 0.857. The molecule has 2 nitrogen and oxygen atoms in total. The van der Waals surface area contributed by atoms with Crippen LogP contribution in [0, 0.1) is 11.3 Å². The van der Waals surface area contributed by atoms with E-state index in [1.165, 1.54) is 25.5 Å². The SMILES string of the molecule is C=COCCOCC(C)(C)CC(C)CCC. The Hall–Kier alpha value is -0.500. The molecular weight excluding hydrogens is 200 g/mol. The van der Waals surface area contributed by atoms with Gasteiger partial charge in [-0.15, -0.1) is 0 Å². The lowest BCUT2D eigenvalue weighted by Gasteiger charge is -2.27. The van der Waals surface area contributed by atoms with Gasteiger partial charge >= 0.3 is 0 Å². The van der Waals surface area contributed by atoms with Crippen molar-refractivity contribution < 1.29 is 9.47 Å². The summed E-state index contributed by atoms with van der Waals surface area (Å²) in [7, 11) is 0. The Balaban J connectivity index is 3.64. The van der Waals surface area contributed by atoms with Crippen LogP contribution in [0.4, 0.5) is 0 Å². The molecule has 0 heterocycles. The summed E-state index contributed by atoms with van der Waals surface area (Å²) in [4.78, 5) is 0. The van der Waals surface area contributed by atoms with Gasteiger partial charge in [0.2, 0.25) is 0 Å². The molecule has 0 aliphatic rings. The Morgan fingerprint density at radius 3 is 2.56 bits per heavy atom. The van der Waals surface area contributed by atoms with E-state index in [2.05, 4.69) is 34.3 Å². The van der Waals surface area contributed by atoms with Gasteiger partial charge in [-0.25, -0.2) is 0 Å². The van der Waals surface area contributed by atoms with Crippen molar-refractivity contribution in [3.05, 3.63) is 12.8 Å². The summed E-state index contributed by atoms with van der Waals surface area (Å²) in [6, 6.07) is 0. The molecule has 16 heavy (non-hydrogen) atoms. The van der Waals surface area contributed by atoms with Gasteiger partial charge in [-0.1, -0.05) is 47.1 Å². The first-order valence-corrected chi connectivity index (χ1v) is 6.32. The standard InChI is InChI=1S/C14H28O2/c1-6-8-13(3)11-14(4,5)12-16-10-9-15-7-2/h7,13H,2,6,8-12H2,1,3-5H3. The molecule has 0 aromatic heterocycles. The lowest BCUT2D eigenvalue weighted by molar-refractivity contribution is 0.0266. The van der Waals surface area contributed by atoms with Gasteiger partial charge in [-0.2, -0.15) is 0 Å². The van der Waals surface area contributed by atoms with E-state index in [-0.39, 0.29) is 5.41 Å². The fourth-order valence-corrected chi connectivity index (χ4v) is 2.14. The lowest BCUT2D eigenvalue weighted by atomic mass is 9.82. The molecule has 0 aromatic carbocycles. The van der Waals surface area contributed by atoms with Crippen molar-refractivity contribution in [3.63, 3.8) is 0 Å². The monoisotopic (exact) mass is 228 g/mol. The van der Waals surface area contributed by atoms with Gasteiger partial charge in [0.25, 0.3) is 0 Å². The average Bonchev–Trinajstić information content (AvgIpc) is 2.16. The maximum atomic E-state index is 5.61. The summed E-state index contributed by atoms with van der Waals surface area (Å²) in [5, 5.41) is 0. The molecule has 1 unspecified atom stereocenters. The van der Waals surface area contributed by atoms with Crippen LogP contribution < -0.4 is 0 Å². The molecule has 0 aromatic rings. The Labute approximate surface area is 101 Å². The van der Waals surface area contributed by atoms with E-state index < -0.39 is 0 Å². The second kappa shape index (κ2) is 8.63. The van der Waals surface area contributed by atoms with Crippen LogP contribution in [0.15, 0.2) is 12.8 Å². The summed E-state index contributed by atoms with van der Waals surface area (Å²) >= 11 is 0. The van der Waals surface area contributed by atoms with Crippen LogP contribution in [-0.4, -0.2) is 19.8 Å². The summed E-state index contributed by atoms with van der Waals surface area (Å²) < 4.78 is 10.6. The largest absolute Gasteiger partial charge is 0.499 e. The maximum Gasteiger partial charge on any atom is 0.111 e. The van der Waals surface area contributed by atoms with Crippen LogP contribution in [0.25, 0.3) is 0 Å². The van der Waals surface area contributed by atoms with Crippen LogP contribution in [0.3, 0.4) is 0 Å². The maximum absolute atomic E-state index is 5.61. The predicted octanol–water partition coefficient (Wildman–Crippen LogP) is 4.02. The molecule has 0 saturated carbocycles. The highest BCUT2D eigenvalue weighted by molar-refractivity contribution is 4.71. The van der Waals surface area contributed by atoms with E-state index in [4.69, 9.17) is 9.47 Å². The van der Waals surface area contributed by atoms with Gasteiger partial charge in [-0.05, 0) is 17.8 Å². The Kier molecular flexibility index (Phi) is 8.36. The lowest BCUT2D eigenvalue weighted by Crippen LogP contribution is -2.23. The number of hydrogen-bond acceptors (Lipinski definition) is 2. The second-order valence-corrected chi connectivity index (χ2v) is 5.35. The zero-order valence-electron chi connectivity index (χ0n) is 11.4. The normalized spacial score (nSPS) is 13.5. The first-order valence-electron chi connectivity index (χ1n) is 6.32. The van der Waals surface area contributed by atoms with Crippen molar-refractivity contribution in [1.29, 1.82) is 0 Å². The van der Waals surface area contributed by atoms with Crippen molar-refractivity contribution in [1.82, 2.24) is 0 Å². The quantitative estimate of drug-likeness (QED) is 0.415. The summed E-state index contributed by atoms with van der Waals surface area (Å²) in [5.74, 6) is 0.785. The first kappa shape index (κ1) is 15.5. The minimum atomic E-state index is 0.267. The minimum Gasteiger partial charge on any atom is -0.499 e. The van der Waals surface area contributed by atoms with Crippen LogP contribution in [0.5, 0.6) is 0 Å². The molecule has 0 bridgehead atoms. The third kappa shape index (κ3) is 8.78. The molecule has 96 valence electrons. The van der Waals surface area contributed by atoms with Gasteiger partial charge < -0.3 is 9.47 Å². The van der Waals surface area contributed by atoms with E-state index in [0.717, 1.165) is 12.5 Å². The third-order valence-electron chi connectivity index (χ3n) is 2.64. The highest BCUT2D eigenvalue weighted by atomic mass is 16.5. The van der Waals surface area contributed by atoms with Crippen molar-refractivity contribution in [2.75, 3.05) is 19.8 Å². The topological polar surface area (TPSA) is 18.5 Å². The molecule has 0 aliphatic carbocycles. The first-order chi connectivity index (χ1) is 7.52. The molecule has 1 atom stereocenters. The van der Waals surface area contributed by atoms with Gasteiger partial charge in [0.15, 0.2) is 0 Å². The van der Waals surface area contributed by atoms with Gasteiger partial charge in [0, 0.05) is 0 Å². The summed E-state index contributed by atoms with van der Waals surface area (Å²) in [6.07, 6.45) is 5.26. The molecule has 0 radical (unpaired) electrons. The Morgan fingerprint density at radius 2 is 2.00 bits per heavy atom. The molecule has 0 amide bonds. The molecule has 0 spiro atoms. The Morgan fingerprint density at radius 1 is 1.31 bits per heavy atom. The zero-order chi connectivity index (χ0) is 12.4. The second-order valence-electron chi connectivity index (χ2n) is 5.35. The Bertz CT molecular complexity index is 176. The van der Waals surface area contributed by atoms with Crippen molar-refractivity contribution in [2.45, 2.75) is 47.0 Å². The fourth-order valence-electron chi connectivity index (χ4n) is 2.14. The van der Waals surface area contributed by atoms with Crippen molar-refractivity contribution in [3.8, 4) is 0 Å². The molecular formula is C14H28O2. The summed E-state index contributed by atoms with van der Waals surface area (Å²) in [6.45, 7) is 14.7. The average molecular weight is 228 g/mol. The molecule has 0 N–H and O–H groups in total. The molecule has 0 aliphatic heterocycles. The summed E-state index contributed by atoms with van der Waals surface area (Å²) in [5.41, 5.74) is 0.267. The third-order valence-corrected chi connectivity index (χ3v) is 2.64. The van der Waals surface area contributed by atoms with E-state index in [9.17, 15) is 0 Å². The number of hydrogen-bond donors (Lipinski definition) is 0. The van der Waals surface area contributed by atoms with E-state index in [1.807, 2.05) is 0 Å².